The Morgan fingerprint density at radius 3 is 2.88 bits per heavy atom. The zero-order chi connectivity index (χ0) is 18.5. The molecular weight excluding hydrogens is 336 g/mol. The van der Waals surface area contributed by atoms with E-state index in [1.807, 2.05) is 12.1 Å². The molecule has 26 heavy (non-hydrogen) atoms. The lowest BCUT2D eigenvalue weighted by Gasteiger charge is -2.29. The van der Waals surface area contributed by atoms with Crippen LogP contribution in [-0.4, -0.2) is 47.0 Å². The number of ether oxygens (including phenoxy) is 1. The number of carbonyl (C=O) groups excluding carboxylic acids is 3. The van der Waals surface area contributed by atoms with Crippen LogP contribution in [-0.2, 0) is 21.5 Å². The summed E-state index contributed by atoms with van der Waals surface area (Å²) in [6.45, 7) is 3.08. The number of nitrogens with zero attached hydrogens (tertiary/aromatic N) is 1. The van der Waals surface area contributed by atoms with E-state index >= 15 is 0 Å². The molecular formula is C19H22N2O5. The van der Waals surface area contributed by atoms with Gasteiger partial charge < -0.3 is 14.7 Å². The summed E-state index contributed by atoms with van der Waals surface area (Å²) in [5, 5.41) is 11.5. The van der Waals surface area contributed by atoms with Crippen LogP contribution in [0.4, 0.5) is 0 Å². The highest BCUT2D eigenvalue weighted by Crippen LogP contribution is 2.47. The summed E-state index contributed by atoms with van der Waals surface area (Å²) in [6, 6.07) is 3.13. The molecule has 0 spiro atoms. The highest BCUT2D eigenvalue weighted by Gasteiger charge is 2.44. The smallest absolute Gasteiger partial charge is 0.255 e. The van der Waals surface area contributed by atoms with Gasteiger partial charge in [0.05, 0.1) is 13.2 Å². The Balaban J connectivity index is 1.64. The predicted molar refractivity (Wildman–Crippen MR) is 91.7 cm³/mol. The number of aliphatic hydroxyl groups excluding tert-OH is 1. The summed E-state index contributed by atoms with van der Waals surface area (Å²) in [5.74, 6) is -0.150. The molecule has 1 aromatic carbocycles. The lowest BCUT2D eigenvalue weighted by Crippen LogP contribution is -2.52. The first-order valence-corrected chi connectivity index (χ1v) is 8.99. The molecule has 0 radical (unpaired) electrons. The molecule has 138 valence electrons. The Morgan fingerprint density at radius 2 is 2.15 bits per heavy atom. The van der Waals surface area contributed by atoms with Crippen LogP contribution < -0.4 is 10.1 Å². The summed E-state index contributed by atoms with van der Waals surface area (Å²) in [5.41, 5.74) is 2.27. The molecule has 3 amide bonds. The molecule has 0 saturated carbocycles. The van der Waals surface area contributed by atoms with Crippen molar-refractivity contribution in [2.45, 2.75) is 50.6 Å². The number of amides is 3. The summed E-state index contributed by atoms with van der Waals surface area (Å²) < 4.78 is 5.97. The van der Waals surface area contributed by atoms with Gasteiger partial charge in [0.2, 0.25) is 11.8 Å². The zero-order valence-electron chi connectivity index (χ0n) is 14.7. The molecule has 7 nitrogen and oxygen atoms in total. The quantitative estimate of drug-likeness (QED) is 0.779. The number of carbonyl (C=O) groups is 3. The molecule has 1 fully saturated rings. The minimum absolute atomic E-state index is 0.137. The van der Waals surface area contributed by atoms with Gasteiger partial charge in [-0.2, -0.15) is 0 Å². The average molecular weight is 358 g/mol. The van der Waals surface area contributed by atoms with Gasteiger partial charge in [-0.15, -0.1) is 0 Å². The molecule has 0 bridgehead atoms. The van der Waals surface area contributed by atoms with Gasteiger partial charge >= 0.3 is 0 Å². The van der Waals surface area contributed by atoms with Crippen molar-refractivity contribution < 1.29 is 24.2 Å². The van der Waals surface area contributed by atoms with Gasteiger partial charge in [0, 0.05) is 35.1 Å². The van der Waals surface area contributed by atoms with E-state index in [1.54, 1.807) is 4.90 Å². The van der Waals surface area contributed by atoms with E-state index in [9.17, 15) is 14.4 Å². The number of fused-ring (bicyclic) bond motifs is 3. The number of nitrogens with one attached hydrogen (secondary N) is 1. The molecule has 2 atom stereocenters. The fourth-order valence-electron chi connectivity index (χ4n) is 4.24. The number of hydrogen-bond donors (Lipinski definition) is 2. The number of imide groups is 1. The second-order valence-corrected chi connectivity index (χ2v) is 7.54. The van der Waals surface area contributed by atoms with Crippen LogP contribution in [0, 0.1) is 0 Å². The minimum atomic E-state index is -0.620. The number of benzene rings is 1. The van der Waals surface area contributed by atoms with E-state index in [4.69, 9.17) is 9.84 Å². The van der Waals surface area contributed by atoms with Gasteiger partial charge in [-0.05, 0) is 25.3 Å². The standard InChI is InChI=1S/C19H22N2O5/c1-19(7-2-8-22)10-26-16-12-9-21(14-5-6-15(23)20-17(14)24)18(25)11(12)3-4-13(16)19/h3-4,14,22H,2,5-10H2,1H3,(H,20,23,24). The third-order valence-corrected chi connectivity index (χ3v) is 5.74. The molecule has 3 aliphatic rings. The highest BCUT2D eigenvalue weighted by atomic mass is 16.5. The van der Waals surface area contributed by atoms with E-state index in [1.165, 1.54) is 0 Å². The van der Waals surface area contributed by atoms with E-state index in [-0.39, 0.29) is 30.3 Å². The van der Waals surface area contributed by atoms with E-state index in [2.05, 4.69) is 12.2 Å². The number of rotatable bonds is 4. The van der Waals surface area contributed by atoms with Gasteiger partial charge in [-0.25, -0.2) is 0 Å². The molecule has 3 aliphatic heterocycles. The molecule has 4 rings (SSSR count). The average Bonchev–Trinajstić information content (AvgIpc) is 3.12. The van der Waals surface area contributed by atoms with E-state index in [0.29, 0.717) is 31.6 Å². The van der Waals surface area contributed by atoms with Crippen molar-refractivity contribution in [3.8, 4) is 5.75 Å². The van der Waals surface area contributed by atoms with Crippen molar-refractivity contribution in [2.75, 3.05) is 13.2 Å². The summed E-state index contributed by atoms with van der Waals surface area (Å²) in [6.07, 6.45) is 2.09. The number of aliphatic hydroxyl groups is 1. The summed E-state index contributed by atoms with van der Waals surface area (Å²) >= 11 is 0. The second-order valence-electron chi connectivity index (χ2n) is 7.54. The Bertz CT molecular complexity index is 805. The highest BCUT2D eigenvalue weighted by molar-refractivity contribution is 6.05. The maximum absolute atomic E-state index is 12.8. The van der Waals surface area contributed by atoms with Gasteiger partial charge in [-0.1, -0.05) is 13.0 Å². The summed E-state index contributed by atoms with van der Waals surface area (Å²) in [7, 11) is 0. The van der Waals surface area contributed by atoms with Crippen molar-refractivity contribution in [3.05, 3.63) is 28.8 Å². The topological polar surface area (TPSA) is 95.9 Å². The first-order chi connectivity index (χ1) is 12.4. The maximum atomic E-state index is 12.8. The van der Waals surface area contributed by atoms with Crippen LogP contribution in [0.1, 0.15) is 54.1 Å². The SMILES string of the molecule is CC1(CCCO)COc2c1ccc1c2CN(C2CCC(=O)NC2=O)C1=O. The molecule has 0 aromatic heterocycles. The first kappa shape index (κ1) is 17.0. The Morgan fingerprint density at radius 1 is 1.35 bits per heavy atom. The molecule has 1 aromatic rings. The number of hydrogen-bond acceptors (Lipinski definition) is 5. The minimum Gasteiger partial charge on any atom is -0.492 e. The molecule has 1 saturated heterocycles. The zero-order valence-corrected chi connectivity index (χ0v) is 14.7. The van der Waals surface area contributed by atoms with E-state index < -0.39 is 11.9 Å². The third kappa shape index (κ3) is 2.49. The Labute approximate surface area is 151 Å². The molecule has 2 N–H and O–H groups in total. The van der Waals surface area contributed by atoms with Crippen molar-refractivity contribution in [1.29, 1.82) is 0 Å². The van der Waals surface area contributed by atoms with Gasteiger partial charge in [-0.3, -0.25) is 19.7 Å². The lowest BCUT2D eigenvalue weighted by atomic mass is 9.79. The summed E-state index contributed by atoms with van der Waals surface area (Å²) in [4.78, 5) is 37.9. The van der Waals surface area contributed by atoms with E-state index in [0.717, 1.165) is 23.3 Å². The lowest BCUT2D eigenvalue weighted by molar-refractivity contribution is -0.136. The molecule has 7 heteroatoms. The largest absolute Gasteiger partial charge is 0.492 e. The fourth-order valence-corrected chi connectivity index (χ4v) is 4.24. The second kappa shape index (κ2) is 6.09. The third-order valence-electron chi connectivity index (χ3n) is 5.74. The molecule has 3 heterocycles. The van der Waals surface area contributed by atoms with Crippen molar-refractivity contribution >= 4 is 17.7 Å². The normalized spacial score (nSPS) is 27.2. The van der Waals surface area contributed by atoms with Gasteiger partial charge in [0.1, 0.15) is 11.8 Å². The van der Waals surface area contributed by atoms with Gasteiger partial charge in [0.15, 0.2) is 0 Å². The van der Waals surface area contributed by atoms with Crippen LogP contribution in [0.3, 0.4) is 0 Å². The maximum Gasteiger partial charge on any atom is 0.255 e. The molecule has 2 unspecified atom stereocenters. The predicted octanol–water partition coefficient (Wildman–Crippen LogP) is 0.870. The van der Waals surface area contributed by atoms with Crippen LogP contribution >= 0.6 is 0 Å². The Hall–Kier alpha value is -2.41. The van der Waals surface area contributed by atoms with Crippen LogP contribution in [0.15, 0.2) is 12.1 Å². The van der Waals surface area contributed by atoms with Crippen LogP contribution in [0.5, 0.6) is 5.75 Å². The first-order valence-electron chi connectivity index (χ1n) is 8.99. The fraction of sp³-hybridized carbons (Fsp3) is 0.526. The molecule has 0 aliphatic carbocycles. The van der Waals surface area contributed by atoms with Crippen molar-refractivity contribution in [1.82, 2.24) is 10.2 Å². The van der Waals surface area contributed by atoms with Crippen LogP contribution in [0.25, 0.3) is 0 Å². The van der Waals surface area contributed by atoms with Crippen molar-refractivity contribution in [2.24, 2.45) is 0 Å². The van der Waals surface area contributed by atoms with Crippen molar-refractivity contribution in [3.63, 3.8) is 0 Å². The Kier molecular flexibility index (Phi) is 3.99. The van der Waals surface area contributed by atoms with Crippen LogP contribution in [0.2, 0.25) is 0 Å². The number of piperidine rings is 1. The van der Waals surface area contributed by atoms with Gasteiger partial charge in [0.25, 0.3) is 5.91 Å². The monoisotopic (exact) mass is 358 g/mol.